The van der Waals surface area contributed by atoms with Gasteiger partial charge < -0.3 is 4.90 Å². The summed E-state index contributed by atoms with van der Waals surface area (Å²) in [5, 5.41) is 7.87. The molecule has 0 saturated carbocycles. The molecule has 1 saturated heterocycles. The molecule has 1 amide bonds. The van der Waals surface area contributed by atoms with Gasteiger partial charge in [0.2, 0.25) is 0 Å². The third-order valence-electron chi connectivity index (χ3n) is 5.05. The standard InChI is InChI=1S/C21H25N5OS/c1-3-19-22-17(15-28-19)13-25-9-11-26(12-10-25)21(27)18-14-24(2)23-20(18)16-7-5-4-6-8-16/h4-8,14-15H,3,9-13H2,1-2H3. The summed E-state index contributed by atoms with van der Waals surface area (Å²) in [6.07, 6.45) is 2.82. The van der Waals surface area contributed by atoms with Crippen molar-refractivity contribution >= 4 is 17.2 Å². The van der Waals surface area contributed by atoms with E-state index in [2.05, 4.69) is 27.3 Å². The number of hydrogen-bond acceptors (Lipinski definition) is 5. The van der Waals surface area contributed by atoms with E-state index in [9.17, 15) is 4.79 Å². The van der Waals surface area contributed by atoms with Gasteiger partial charge in [-0.05, 0) is 6.42 Å². The number of rotatable bonds is 5. The lowest BCUT2D eigenvalue weighted by Gasteiger charge is -2.34. The Bertz CT molecular complexity index is 941. The summed E-state index contributed by atoms with van der Waals surface area (Å²) in [7, 11) is 1.86. The fourth-order valence-corrected chi connectivity index (χ4v) is 4.28. The van der Waals surface area contributed by atoms with E-state index in [-0.39, 0.29) is 5.91 Å². The molecule has 3 aromatic rings. The number of carbonyl (C=O) groups excluding carboxylic acids is 1. The minimum atomic E-state index is 0.0635. The average Bonchev–Trinajstić information content (AvgIpc) is 3.35. The van der Waals surface area contributed by atoms with E-state index in [0.29, 0.717) is 5.56 Å². The highest BCUT2D eigenvalue weighted by Crippen LogP contribution is 2.23. The van der Waals surface area contributed by atoms with Crippen LogP contribution in [0.25, 0.3) is 11.3 Å². The maximum absolute atomic E-state index is 13.2. The maximum atomic E-state index is 13.2. The van der Waals surface area contributed by atoms with Crippen molar-refractivity contribution in [2.24, 2.45) is 7.05 Å². The first-order chi connectivity index (χ1) is 13.6. The molecule has 0 radical (unpaired) electrons. The summed E-state index contributed by atoms with van der Waals surface area (Å²) < 4.78 is 1.72. The van der Waals surface area contributed by atoms with E-state index in [0.717, 1.165) is 56.1 Å². The molecule has 1 fully saturated rings. The van der Waals surface area contributed by atoms with Gasteiger partial charge in [0.15, 0.2) is 0 Å². The summed E-state index contributed by atoms with van der Waals surface area (Å²) in [4.78, 5) is 22.1. The molecule has 0 bridgehead atoms. The molecule has 7 heteroatoms. The zero-order chi connectivity index (χ0) is 19.5. The molecule has 0 spiro atoms. The van der Waals surface area contributed by atoms with E-state index in [1.165, 1.54) is 5.01 Å². The molecule has 0 unspecified atom stereocenters. The van der Waals surface area contributed by atoms with Crippen molar-refractivity contribution in [1.29, 1.82) is 0 Å². The molecule has 0 N–H and O–H groups in total. The molecule has 0 aliphatic carbocycles. The number of amides is 1. The first-order valence-electron chi connectivity index (χ1n) is 9.68. The normalized spacial score (nSPS) is 15.1. The maximum Gasteiger partial charge on any atom is 0.257 e. The zero-order valence-corrected chi connectivity index (χ0v) is 17.2. The van der Waals surface area contributed by atoms with Crippen LogP contribution in [-0.2, 0) is 20.0 Å². The fraction of sp³-hybridized carbons (Fsp3) is 0.381. The SMILES string of the molecule is CCc1nc(CN2CCN(C(=O)c3cn(C)nc3-c3ccccc3)CC2)cs1. The first-order valence-corrected chi connectivity index (χ1v) is 10.6. The van der Waals surface area contributed by atoms with Gasteiger partial charge in [0.1, 0.15) is 5.69 Å². The van der Waals surface area contributed by atoms with Crippen LogP contribution < -0.4 is 0 Å². The van der Waals surface area contributed by atoms with Crippen LogP contribution in [0, 0.1) is 0 Å². The molecule has 2 aromatic heterocycles. The van der Waals surface area contributed by atoms with Crippen LogP contribution in [0.5, 0.6) is 0 Å². The van der Waals surface area contributed by atoms with Gasteiger partial charge in [-0.3, -0.25) is 14.4 Å². The van der Waals surface area contributed by atoms with Crippen molar-refractivity contribution in [2.75, 3.05) is 26.2 Å². The molecule has 1 aliphatic heterocycles. The topological polar surface area (TPSA) is 54.3 Å². The quantitative estimate of drug-likeness (QED) is 0.666. The predicted molar refractivity (Wildman–Crippen MR) is 111 cm³/mol. The van der Waals surface area contributed by atoms with E-state index < -0.39 is 0 Å². The second kappa shape index (κ2) is 8.24. The van der Waals surface area contributed by atoms with Crippen molar-refractivity contribution in [1.82, 2.24) is 24.6 Å². The molecular weight excluding hydrogens is 370 g/mol. The van der Waals surface area contributed by atoms with Gasteiger partial charge in [-0.2, -0.15) is 5.10 Å². The van der Waals surface area contributed by atoms with Gasteiger partial charge in [0.05, 0.1) is 16.3 Å². The Hall–Kier alpha value is -2.51. The van der Waals surface area contributed by atoms with Crippen LogP contribution in [0.2, 0.25) is 0 Å². The van der Waals surface area contributed by atoms with Gasteiger partial charge in [-0.25, -0.2) is 4.98 Å². The molecule has 3 heterocycles. The highest BCUT2D eigenvalue weighted by atomic mass is 32.1. The third-order valence-corrected chi connectivity index (χ3v) is 6.10. The van der Waals surface area contributed by atoms with E-state index in [1.54, 1.807) is 16.0 Å². The largest absolute Gasteiger partial charge is 0.336 e. The van der Waals surface area contributed by atoms with Crippen molar-refractivity contribution in [3.05, 3.63) is 58.2 Å². The summed E-state index contributed by atoms with van der Waals surface area (Å²) in [6, 6.07) is 9.91. The van der Waals surface area contributed by atoms with Crippen LogP contribution in [0.3, 0.4) is 0 Å². The number of hydrogen-bond donors (Lipinski definition) is 0. The van der Waals surface area contributed by atoms with Crippen LogP contribution in [0.15, 0.2) is 41.9 Å². The molecule has 6 nitrogen and oxygen atoms in total. The molecule has 1 aliphatic rings. The Labute approximate surface area is 169 Å². The van der Waals surface area contributed by atoms with Gasteiger partial charge >= 0.3 is 0 Å². The second-order valence-electron chi connectivity index (χ2n) is 7.09. The van der Waals surface area contributed by atoms with Gasteiger partial charge in [0, 0.05) is 56.9 Å². The number of thiazole rings is 1. The second-order valence-corrected chi connectivity index (χ2v) is 8.03. The van der Waals surface area contributed by atoms with E-state index in [1.807, 2.05) is 48.5 Å². The fourth-order valence-electron chi connectivity index (χ4n) is 3.55. The number of nitrogens with zero attached hydrogens (tertiary/aromatic N) is 5. The molecule has 0 atom stereocenters. The lowest BCUT2D eigenvalue weighted by Crippen LogP contribution is -2.48. The Morgan fingerprint density at radius 3 is 2.57 bits per heavy atom. The predicted octanol–water partition coefficient (Wildman–Crippen LogP) is 3.06. The van der Waals surface area contributed by atoms with Crippen molar-refractivity contribution in [3.63, 3.8) is 0 Å². The molecule has 28 heavy (non-hydrogen) atoms. The Morgan fingerprint density at radius 1 is 1.14 bits per heavy atom. The van der Waals surface area contributed by atoms with Crippen LogP contribution in [0.1, 0.15) is 28.0 Å². The lowest BCUT2D eigenvalue weighted by molar-refractivity contribution is 0.0628. The highest BCUT2D eigenvalue weighted by Gasteiger charge is 2.26. The van der Waals surface area contributed by atoms with Crippen molar-refractivity contribution < 1.29 is 4.79 Å². The molecule has 146 valence electrons. The Kier molecular flexibility index (Phi) is 5.54. The van der Waals surface area contributed by atoms with Crippen LogP contribution in [0.4, 0.5) is 0 Å². The van der Waals surface area contributed by atoms with Crippen molar-refractivity contribution in [2.45, 2.75) is 19.9 Å². The van der Waals surface area contributed by atoms with Gasteiger partial charge in [-0.15, -0.1) is 11.3 Å². The van der Waals surface area contributed by atoms with Gasteiger partial charge in [-0.1, -0.05) is 37.3 Å². The van der Waals surface area contributed by atoms with E-state index >= 15 is 0 Å². The minimum absolute atomic E-state index is 0.0635. The summed E-state index contributed by atoms with van der Waals surface area (Å²) in [5.41, 5.74) is 3.54. The van der Waals surface area contributed by atoms with Crippen molar-refractivity contribution in [3.8, 4) is 11.3 Å². The minimum Gasteiger partial charge on any atom is -0.336 e. The van der Waals surface area contributed by atoms with Gasteiger partial charge in [0.25, 0.3) is 5.91 Å². The molecular formula is C21H25N5OS. The monoisotopic (exact) mass is 395 g/mol. The number of piperazine rings is 1. The Morgan fingerprint density at radius 2 is 1.89 bits per heavy atom. The summed E-state index contributed by atoms with van der Waals surface area (Å²) >= 11 is 1.73. The molecule has 1 aromatic carbocycles. The number of aryl methyl sites for hydroxylation is 2. The first kappa shape index (κ1) is 18.8. The van der Waals surface area contributed by atoms with Crippen LogP contribution >= 0.6 is 11.3 Å². The number of carbonyl (C=O) groups is 1. The lowest BCUT2D eigenvalue weighted by atomic mass is 10.1. The Balaban J connectivity index is 1.42. The number of benzene rings is 1. The summed E-state index contributed by atoms with van der Waals surface area (Å²) in [5.74, 6) is 0.0635. The molecule has 4 rings (SSSR count). The third kappa shape index (κ3) is 4.00. The van der Waals surface area contributed by atoms with E-state index in [4.69, 9.17) is 0 Å². The smallest absolute Gasteiger partial charge is 0.257 e. The van der Waals surface area contributed by atoms with Crippen LogP contribution in [-0.4, -0.2) is 56.7 Å². The highest BCUT2D eigenvalue weighted by molar-refractivity contribution is 7.09. The zero-order valence-electron chi connectivity index (χ0n) is 16.3. The summed E-state index contributed by atoms with van der Waals surface area (Å²) in [6.45, 7) is 6.19. The number of aromatic nitrogens is 3. The average molecular weight is 396 g/mol.